The fraction of sp³-hybridized carbons (Fsp3) is 0.333. The Morgan fingerprint density at radius 3 is 2.67 bits per heavy atom. The second-order valence-corrected chi connectivity index (χ2v) is 3.81. The van der Waals surface area contributed by atoms with E-state index in [0.29, 0.717) is 19.4 Å². The predicted molar refractivity (Wildman–Crippen MR) is 63.4 cm³/mol. The van der Waals surface area contributed by atoms with E-state index in [2.05, 4.69) is 5.32 Å². The molecule has 1 aromatic carbocycles. The van der Waals surface area contributed by atoms with E-state index in [-0.39, 0.29) is 12.0 Å². The summed E-state index contributed by atoms with van der Waals surface area (Å²) in [5, 5.41) is 11.8. The number of phenols is 1. The van der Waals surface area contributed by atoms with Crippen LogP contribution in [0.3, 0.4) is 0 Å². The minimum atomic E-state index is -0.773. The smallest absolute Gasteiger partial charge is 0.258 e. The molecule has 1 rings (SSSR count). The van der Waals surface area contributed by atoms with E-state index >= 15 is 0 Å². The Hall–Kier alpha value is -2.11. The lowest BCUT2D eigenvalue weighted by atomic mass is 10.1. The first kappa shape index (κ1) is 14.0. The van der Waals surface area contributed by atoms with Gasteiger partial charge in [-0.1, -0.05) is 6.07 Å². The molecular formula is C12H15FN2O3. The highest BCUT2D eigenvalue weighted by Crippen LogP contribution is 2.19. The van der Waals surface area contributed by atoms with Crippen LogP contribution in [0.25, 0.3) is 0 Å². The third kappa shape index (κ3) is 4.04. The van der Waals surface area contributed by atoms with Crippen LogP contribution in [0, 0.1) is 5.82 Å². The quantitative estimate of drug-likeness (QED) is 0.659. The first-order valence-electron chi connectivity index (χ1n) is 5.56. The first-order chi connectivity index (χ1) is 8.52. The van der Waals surface area contributed by atoms with Gasteiger partial charge in [-0.25, -0.2) is 4.39 Å². The Kier molecular flexibility index (Phi) is 5.10. The van der Waals surface area contributed by atoms with Gasteiger partial charge in [0.15, 0.2) is 0 Å². The zero-order valence-electron chi connectivity index (χ0n) is 9.78. The minimum Gasteiger partial charge on any atom is -0.507 e. The van der Waals surface area contributed by atoms with Gasteiger partial charge in [-0.05, 0) is 25.0 Å². The van der Waals surface area contributed by atoms with E-state index in [0.717, 1.165) is 6.07 Å². The normalized spacial score (nSPS) is 10.1. The number of carbonyl (C=O) groups excluding carboxylic acids is 2. The second-order valence-electron chi connectivity index (χ2n) is 3.81. The van der Waals surface area contributed by atoms with Crippen LogP contribution in [-0.2, 0) is 4.79 Å². The van der Waals surface area contributed by atoms with Crippen LogP contribution < -0.4 is 11.1 Å². The summed E-state index contributed by atoms with van der Waals surface area (Å²) in [5.74, 6) is -2.24. The van der Waals surface area contributed by atoms with Crippen LogP contribution in [0.5, 0.6) is 5.75 Å². The Morgan fingerprint density at radius 1 is 1.33 bits per heavy atom. The zero-order chi connectivity index (χ0) is 13.5. The van der Waals surface area contributed by atoms with Crippen molar-refractivity contribution in [1.29, 1.82) is 0 Å². The van der Waals surface area contributed by atoms with Gasteiger partial charge in [-0.15, -0.1) is 0 Å². The van der Waals surface area contributed by atoms with Crippen molar-refractivity contribution in [3.05, 3.63) is 29.6 Å². The van der Waals surface area contributed by atoms with E-state index in [9.17, 15) is 19.1 Å². The molecule has 2 amide bonds. The molecule has 0 spiro atoms. The predicted octanol–water partition coefficient (Wildman–Crippen LogP) is 0.917. The summed E-state index contributed by atoms with van der Waals surface area (Å²) in [6.45, 7) is 0.292. The zero-order valence-corrected chi connectivity index (χ0v) is 9.78. The van der Waals surface area contributed by atoms with Gasteiger partial charge in [0, 0.05) is 13.0 Å². The topological polar surface area (TPSA) is 92.4 Å². The summed E-state index contributed by atoms with van der Waals surface area (Å²) >= 11 is 0. The largest absolute Gasteiger partial charge is 0.507 e. The van der Waals surface area contributed by atoms with E-state index in [1.54, 1.807) is 0 Å². The summed E-state index contributed by atoms with van der Waals surface area (Å²) in [6.07, 6.45) is 1.36. The van der Waals surface area contributed by atoms with Crippen molar-refractivity contribution in [1.82, 2.24) is 5.32 Å². The summed E-state index contributed by atoms with van der Waals surface area (Å²) < 4.78 is 13.3. The highest BCUT2D eigenvalue weighted by molar-refractivity contribution is 5.97. The molecule has 0 radical (unpaired) electrons. The number of aromatic hydroxyl groups is 1. The van der Waals surface area contributed by atoms with Crippen LogP contribution in [0.2, 0.25) is 0 Å². The number of unbranched alkanes of at least 4 members (excludes halogenated alkanes) is 1. The molecule has 1 aromatic rings. The number of carbonyl (C=O) groups is 2. The van der Waals surface area contributed by atoms with E-state index in [1.807, 2.05) is 0 Å². The molecule has 0 atom stereocenters. The molecule has 0 bridgehead atoms. The molecule has 0 aromatic heterocycles. The maximum absolute atomic E-state index is 13.3. The summed E-state index contributed by atoms with van der Waals surface area (Å²) in [6, 6.07) is 3.65. The van der Waals surface area contributed by atoms with Crippen molar-refractivity contribution >= 4 is 11.8 Å². The van der Waals surface area contributed by atoms with Crippen molar-refractivity contribution in [3.8, 4) is 5.75 Å². The van der Waals surface area contributed by atoms with Crippen molar-refractivity contribution in [2.45, 2.75) is 19.3 Å². The molecule has 6 heteroatoms. The van der Waals surface area contributed by atoms with Crippen molar-refractivity contribution in [2.24, 2.45) is 5.73 Å². The molecule has 0 fully saturated rings. The van der Waals surface area contributed by atoms with Gasteiger partial charge in [-0.2, -0.15) is 0 Å². The number of amides is 2. The number of primary amides is 1. The molecule has 0 saturated heterocycles. The van der Waals surface area contributed by atoms with Gasteiger partial charge in [-0.3, -0.25) is 9.59 Å². The van der Waals surface area contributed by atoms with Crippen molar-refractivity contribution < 1.29 is 19.1 Å². The van der Waals surface area contributed by atoms with E-state index < -0.39 is 23.4 Å². The molecule has 5 nitrogen and oxygen atoms in total. The molecule has 0 unspecified atom stereocenters. The summed E-state index contributed by atoms with van der Waals surface area (Å²) in [4.78, 5) is 22.0. The maximum Gasteiger partial charge on any atom is 0.258 e. The third-order valence-corrected chi connectivity index (χ3v) is 2.35. The lowest BCUT2D eigenvalue weighted by molar-refractivity contribution is -0.118. The van der Waals surface area contributed by atoms with Crippen LogP contribution in [0.15, 0.2) is 18.2 Å². The second kappa shape index (κ2) is 6.58. The Morgan fingerprint density at radius 2 is 2.06 bits per heavy atom. The number of rotatable bonds is 6. The fourth-order valence-corrected chi connectivity index (χ4v) is 1.45. The van der Waals surface area contributed by atoms with Gasteiger partial charge in [0.05, 0.1) is 0 Å². The Labute approximate surface area is 104 Å². The van der Waals surface area contributed by atoms with Crippen LogP contribution in [0.1, 0.15) is 29.6 Å². The maximum atomic E-state index is 13.3. The lowest BCUT2D eigenvalue weighted by Gasteiger charge is -2.07. The molecule has 0 aliphatic heterocycles. The van der Waals surface area contributed by atoms with E-state index in [1.165, 1.54) is 12.1 Å². The average molecular weight is 254 g/mol. The van der Waals surface area contributed by atoms with E-state index in [4.69, 9.17) is 5.73 Å². The summed E-state index contributed by atoms with van der Waals surface area (Å²) in [5.41, 5.74) is 4.59. The van der Waals surface area contributed by atoms with Crippen molar-refractivity contribution in [2.75, 3.05) is 6.54 Å². The molecule has 98 valence electrons. The molecular weight excluding hydrogens is 239 g/mol. The number of benzene rings is 1. The van der Waals surface area contributed by atoms with Crippen molar-refractivity contribution in [3.63, 3.8) is 0 Å². The van der Waals surface area contributed by atoms with Crippen LogP contribution >= 0.6 is 0 Å². The van der Waals surface area contributed by atoms with Crippen LogP contribution in [0.4, 0.5) is 4.39 Å². The van der Waals surface area contributed by atoms with Gasteiger partial charge in [0.1, 0.15) is 17.1 Å². The molecule has 18 heavy (non-hydrogen) atoms. The van der Waals surface area contributed by atoms with Gasteiger partial charge in [0.2, 0.25) is 5.91 Å². The molecule has 0 heterocycles. The first-order valence-corrected chi connectivity index (χ1v) is 5.56. The third-order valence-electron chi connectivity index (χ3n) is 2.35. The monoisotopic (exact) mass is 254 g/mol. The standard InChI is InChI=1S/C12H15FN2O3/c13-8-4-3-5-9(16)11(8)12(18)15-7-2-1-6-10(14)17/h3-5,16H,1-2,6-7H2,(H2,14,17)(H,15,18). The molecule has 0 aliphatic carbocycles. The van der Waals surface area contributed by atoms with Gasteiger partial charge < -0.3 is 16.2 Å². The van der Waals surface area contributed by atoms with Gasteiger partial charge >= 0.3 is 0 Å². The minimum absolute atomic E-state index is 0.251. The SMILES string of the molecule is NC(=O)CCCCNC(=O)c1c(O)cccc1F. The number of nitrogens with two attached hydrogens (primary N) is 1. The Balaban J connectivity index is 2.44. The fourth-order valence-electron chi connectivity index (χ4n) is 1.45. The molecule has 0 saturated carbocycles. The highest BCUT2D eigenvalue weighted by atomic mass is 19.1. The average Bonchev–Trinajstić information content (AvgIpc) is 2.27. The lowest BCUT2D eigenvalue weighted by Crippen LogP contribution is -2.25. The molecule has 4 N–H and O–H groups in total. The number of hydrogen-bond donors (Lipinski definition) is 3. The highest BCUT2D eigenvalue weighted by Gasteiger charge is 2.15. The van der Waals surface area contributed by atoms with Gasteiger partial charge in [0.25, 0.3) is 5.91 Å². The Bertz CT molecular complexity index is 429. The number of halogens is 1. The summed E-state index contributed by atoms with van der Waals surface area (Å²) in [7, 11) is 0. The molecule has 0 aliphatic rings. The van der Waals surface area contributed by atoms with Crippen LogP contribution in [-0.4, -0.2) is 23.5 Å². The number of nitrogens with one attached hydrogen (secondary N) is 1. The number of phenolic OH excluding ortho intramolecular Hbond substituents is 1. The number of hydrogen-bond acceptors (Lipinski definition) is 3.